The molecular formula is C19H25FN4OS. The highest BCUT2D eigenvalue weighted by Gasteiger charge is 2.20. The van der Waals surface area contributed by atoms with Crippen LogP contribution >= 0.6 is 11.3 Å². The number of guanidine groups is 1. The molecule has 0 aliphatic carbocycles. The van der Waals surface area contributed by atoms with Gasteiger partial charge in [0.15, 0.2) is 5.96 Å². The molecule has 0 radical (unpaired) electrons. The third-order valence-electron chi connectivity index (χ3n) is 4.40. The number of halogens is 1. The smallest absolute Gasteiger partial charge is 0.194 e. The van der Waals surface area contributed by atoms with Crippen molar-refractivity contribution in [1.29, 1.82) is 0 Å². The maximum absolute atomic E-state index is 13.0. The Labute approximate surface area is 157 Å². The largest absolute Gasteiger partial charge is 0.386 e. The predicted molar refractivity (Wildman–Crippen MR) is 105 cm³/mol. The molecule has 7 heteroatoms. The summed E-state index contributed by atoms with van der Waals surface area (Å²) < 4.78 is 13.0. The number of benzene rings is 1. The van der Waals surface area contributed by atoms with Crippen LogP contribution in [0.15, 0.2) is 46.8 Å². The number of aliphatic imine (C=N–C) groups is 1. The van der Waals surface area contributed by atoms with Crippen molar-refractivity contribution in [2.24, 2.45) is 4.99 Å². The Morgan fingerprint density at radius 3 is 2.58 bits per heavy atom. The van der Waals surface area contributed by atoms with Crippen molar-refractivity contribution >= 4 is 22.3 Å². The highest BCUT2D eigenvalue weighted by molar-refractivity contribution is 7.14. The zero-order valence-electron chi connectivity index (χ0n) is 14.9. The Balaban J connectivity index is 1.59. The molecule has 1 aliphatic heterocycles. The summed E-state index contributed by atoms with van der Waals surface area (Å²) in [5.41, 5.74) is 0.675. The fourth-order valence-electron chi connectivity index (χ4n) is 2.98. The second-order valence-electron chi connectivity index (χ2n) is 6.19. The van der Waals surface area contributed by atoms with Crippen LogP contribution in [-0.4, -0.2) is 55.2 Å². The number of nitrogens with zero attached hydrogens (tertiary/aromatic N) is 3. The molecule has 1 aromatic heterocycles. The van der Waals surface area contributed by atoms with Gasteiger partial charge in [-0.25, -0.2) is 4.39 Å². The third-order valence-corrected chi connectivity index (χ3v) is 5.33. The number of thiophene rings is 1. The Hall–Kier alpha value is -2.12. The molecule has 0 amide bonds. The minimum Gasteiger partial charge on any atom is -0.386 e. The van der Waals surface area contributed by atoms with Crippen LogP contribution in [0.2, 0.25) is 0 Å². The number of hydrogen-bond donors (Lipinski definition) is 2. The normalized spacial score (nSPS) is 16.7. The number of rotatable bonds is 5. The third kappa shape index (κ3) is 4.74. The summed E-state index contributed by atoms with van der Waals surface area (Å²) in [7, 11) is 0. The highest BCUT2D eigenvalue weighted by Crippen LogP contribution is 2.22. The molecule has 2 N–H and O–H groups in total. The number of piperazine rings is 1. The summed E-state index contributed by atoms with van der Waals surface area (Å²) >= 11 is 1.76. The first kappa shape index (κ1) is 18.7. The average molecular weight is 377 g/mol. The molecular weight excluding hydrogens is 351 g/mol. The van der Waals surface area contributed by atoms with Gasteiger partial charge in [-0.3, -0.25) is 4.99 Å². The van der Waals surface area contributed by atoms with Crippen molar-refractivity contribution in [3.63, 3.8) is 0 Å². The molecule has 2 aromatic rings. The van der Waals surface area contributed by atoms with Crippen molar-refractivity contribution in [2.45, 2.75) is 13.0 Å². The molecule has 0 bridgehead atoms. The first-order valence-corrected chi connectivity index (χ1v) is 9.80. The van der Waals surface area contributed by atoms with Gasteiger partial charge in [-0.1, -0.05) is 12.1 Å². The van der Waals surface area contributed by atoms with Crippen molar-refractivity contribution in [3.05, 3.63) is 53.2 Å². The molecule has 0 saturated carbocycles. The Kier molecular flexibility index (Phi) is 6.46. The van der Waals surface area contributed by atoms with E-state index in [-0.39, 0.29) is 12.4 Å². The van der Waals surface area contributed by atoms with Crippen LogP contribution in [0.1, 0.15) is 18.6 Å². The lowest BCUT2D eigenvalue weighted by Gasteiger charge is -2.37. The number of anilines is 1. The monoisotopic (exact) mass is 376 g/mol. The lowest BCUT2D eigenvalue weighted by Crippen LogP contribution is -2.52. The van der Waals surface area contributed by atoms with Gasteiger partial charge in [0.1, 0.15) is 5.82 Å². The second kappa shape index (κ2) is 9.00. The zero-order chi connectivity index (χ0) is 18.4. The van der Waals surface area contributed by atoms with Gasteiger partial charge in [-0.2, -0.15) is 0 Å². The molecule has 2 heterocycles. The van der Waals surface area contributed by atoms with Crippen molar-refractivity contribution in [2.75, 3.05) is 44.2 Å². The van der Waals surface area contributed by atoms with Gasteiger partial charge in [0.2, 0.25) is 0 Å². The number of hydrogen-bond acceptors (Lipinski definition) is 4. The van der Waals surface area contributed by atoms with E-state index in [4.69, 9.17) is 0 Å². The van der Waals surface area contributed by atoms with Crippen LogP contribution in [0.4, 0.5) is 9.39 Å². The van der Waals surface area contributed by atoms with Crippen LogP contribution in [0, 0.1) is 5.82 Å². The van der Waals surface area contributed by atoms with E-state index in [1.54, 1.807) is 23.5 Å². The van der Waals surface area contributed by atoms with Gasteiger partial charge in [-0.05, 0) is 42.1 Å². The first-order valence-electron chi connectivity index (χ1n) is 8.92. The van der Waals surface area contributed by atoms with E-state index >= 15 is 0 Å². The van der Waals surface area contributed by atoms with Crippen LogP contribution < -0.4 is 10.2 Å². The predicted octanol–water partition coefficient (Wildman–Crippen LogP) is 2.71. The van der Waals surface area contributed by atoms with E-state index in [9.17, 15) is 9.50 Å². The maximum atomic E-state index is 13.0. The van der Waals surface area contributed by atoms with Gasteiger partial charge in [-0.15, -0.1) is 11.3 Å². The summed E-state index contributed by atoms with van der Waals surface area (Å²) in [6.45, 7) is 6.73. The molecule has 5 nitrogen and oxygen atoms in total. The molecule has 1 saturated heterocycles. The number of aliphatic hydroxyl groups is 1. The lowest BCUT2D eigenvalue weighted by molar-refractivity contribution is 0.186. The van der Waals surface area contributed by atoms with Gasteiger partial charge in [0.25, 0.3) is 0 Å². The van der Waals surface area contributed by atoms with E-state index < -0.39 is 6.10 Å². The Bertz CT molecular complexity index is 697. The number of aliphatic hydroxyl groups excluding tert-OH is 1. The summed E-state index contributed by atoms with van der Waals surface area (Å²) in [6.07, 6.45) is -0.739. The van der Waals surface area contributed by atoms with E-state index in [1.807, 2.05) is 6.92 Å². The van der Waals surface area contributed by atoms with Crippen LogP contribution in [-0.2, 0) is 0 Å². The molecule has 26 heavy (non-hydrogen) atoms. The van der Waals surface area contributed by atoms with Crippen LogP contribution in [0.3, 0.4) is 0 Å². The SMILES string of the molecule is CCNC(=NCC(O)c1ccc(F)cc1)N1CCN(c2cccs2)CC1. The van der Waals surface area contributed by atoms with Crippen molar-refractivity contribution in [1.82, 2.24) is 10.2 Å². The summed E-state index contributed by atoms with van der Waals surface area (Å²) in [5.74, 6) is 0.515. The Morgan fingerprint density at radius 2 is 1.96 bits per heavy atom. The average Bonchev–Trinajstić information content (AvgIpc) is 3.20. The quantitative estimate of drug-likeness (QED) is 0.622. The molecule has 140 valence electrons. The second-order valence-corrected chi connectivity index (χ2v) is 7.11. The van der Waals surface area contributed by atoms with E-state index in [0.29, 0.717) is 5.56 Å². The fraction of sp³-hybridized carbons (Fsp3) is 0.421. The van der Waals surface area contributed by atoms with Crippen molar-refractivity contribution < 1.29 is 9.50 Å². The topological polar surface area (TPSA) is 51.1 Å². The number of nitrogens with one attached hydrogen (secondary N) is 1. The summed E-state index contributed by atoms with van der Waals surface area (Å²) in [6, 6.07) is 10.1. The fourth-order valence-corrected chi connectivity index (χ4v) is 3.76. The molecule has 0 spiro atoms. The summed E-state index contributed by atoms with van der Waals surface area (Å²) in [4.78, 5) is 9.21. The van der Waals surface area contributed by atoms with Crippen molar-refractivity contribution in [3.8, 4) is 0 Å². The van der Waals surface area contributed by atoms with Gasteiger partial charge in [0, 0.05) is 32.7 Å². The van der Waals surface area contributed by atoms with Crippen LogP contribution in [0.25, 0.3) is 0 Å². The van der Waals surface area contributed by atoms with Gasteiger partial charge >= 0.3 is 0 Å². The zero-order valence-corrected chi connectivity index (χ0v) is 15.8. The first-order chi connectivity index (χ1) is 12.7. The lowest BCUT2D eigenvalue weighted by atomic mass is 10.1. The van der Waals surface area contributed by atoms with E-state index in [2.05, 4.69) is 37.6 Å². The van der Waals surface area contributed by atoms with Gasteiger partial charge < -0.3 is 20.2 Å². The maximum Gasteiger partial charge on any atom is 0.194 e. The minimum absolute atomic E-state index is 0.249. The van der Waals surface area contributed by atoms with Crippen LogP contribution in [0.5, 0.6) is 0 Å². The van der Waals surface area contributed by atoms with E-state index in [0.717, 1.165) is 38.7 Å². The molecule has 1 aromatic carbocycles. The molecule has 1 atom stereocenters. The molecule has 1 aliphatic rings. The molecule has 1 unspecified atom stereocenters. The standard InChI is InChI=1S/C19H25FN4OS/c1-2-21-19(22-14-17(25)15-5-7-16(20)8-6-15)24-11-9-23(10-12-24)18-4-3-13-26-18/h3-8,13,17,25H,2,9-12,14H2,1H3,(H,21,22). The van der Waals surface area contributed by atoms with Gasteiger partial charge in [0.05, 0.1) is 17.6 Å². The summed E-state index contributed by atoms with van der Waals surface area (Å²) in [5, 5.41) is 17.0. The van der Waals surface area contributed by atoms with E-state index in [1.165, 1.54) is 17.1 Å². The highest BCUT2D eigenvalue weighted by atomic mass is 32.1. The minimum atomic E-state index is -0.739. The molecule has 1 fully saturated rings. The molecule has 3 rings (SSSR count). The Morgan fingerprint density at radius 1 is 1.23 bits per heavy atom.